The predicted octanol–water partition coefficient (Wildman–Crippen LogP) is 2.80. The van der Waals surface area contributed by atoms with Gasteiger partial charge in [0.25, 0.3) is 0 Å². The molecule has 0 aliphatic rings. The Hall–Kier alpha value is -2.63. The van der Waals surface area contributed by atoms with Crippen LogP contribution in [0.1, 0.15) is 45.7 Å². The largest absolute Gasteiger partial charge is 0.495 e. The first-order valence-electron chi connectivity index (χ1n) is 7.16. The van der Waals surface area contributed by atoms with E-state index in [0.717, 1.165) is 0 Å². The predicted molar refractivity (Wildman–Crippen MR) is 84.5 cm³/mol. The smallest absolute Gasteiger partial charge is 0.347 e. The lowest BCUT2D eigenvalue weighted by Gasteiger charge is -2.15. The van der Waals surface area contributed by atoms with E-state index in [2.05, 4.69) is 0 Å². The van der Waals surface area contributed by atoms with Gasteiger partial charge in [-0.2, -0.15) is 0 Å². The van der Waals surface area contributed by atoms with E-state index in [1.54, 1.807) is 26.8 Å². The average molecular weight is 318 g/mol. The minimum atomic E-state index is -0.701. The summed E-state index contributed by atoms with van der Waals surface area (Å²) in [6.07, 6.45) is 0. The molecular weight excluding hydrogens is 300 g/mol. The third-order valence-electron chi connectivity index (χ3n) is 3.63. The maximum atomic E-state index is 12.2. The van der Waals surface area contributed by atoms with Crippen LogP contribution in [0.25, 0.3) is 11.0 Å². The number of esters is 1. The van der Waals surface area contributed by atoms with Gasteiger partial charge in [-0.1, -0.05) is 0 Å². The minimum Gasteiger partial charge on any atom is -0.495 e. The number of fused-ring (bicyclic) bond motifs is 1. The standard InChI is InChI=1S/C17H18O6/c1-6-22-16(19)12-8(2)7-11-14(15(12)21-5)9(3)13(10(4)18)17(20)23-11/h7H,6H2,1-5H3. The number of Topliss-reactive ketones (excluding diaryl/α,β-unsaturated/α-hetero) is 1. The van der Waals surface area contributed by atoms with Crippen LogP contribution < -0.4 is 10.4 Å². The summed E-state index contributed by atoms with van der Waals surface area (Å²) in [6.45, 7) is 6.54. The van der Waals surface area contributed by atoms with Gasteiger partial charge >= 0.3 is 11.6 Å². The number of carbonyl (C=O) groups excluding carboxylic acids is 2. The van der Waals surface area contributed by atoms with Gasteiger partial charge in [0.2, 0.25) is 0 Å². The summed E-state index contributed by atoms with van der Waals surface area (Å²) in [4.78, 5) is 36.0. The van der Waals surface area contributed by atoms with E-state index < -0.39 is 17.4 Å². The summed E-state index contributed by atoms with van der Waals surface area (Å²) in [5, 5.41) is 0.422. The second-order valence-corrected chi connectivity index (χ2v) is 5.14. The highest BCUT2D eigenvalue weighted by Gasteiger charge is 2.25. The normalized spacial score (nSPS) is 10.7. The van der Waals surface area contributed by atoms with Crippen molar-refractivity contribution in [2.24, 2.45) is 0 Å². The lowest BCUT2D eigenvalue weighted by atomic mass is 9.97. The molecule has 23 heavy (non-hydrogen) atoms. The first-order chi connectivity index (χ1) is 10.8. The molecular formula is C17H18O6. The summed E-state index contributed by atoms with van der Waals surface area (Å²) in [5.41, 5.74) is 0.757. The Morgan fingerprint density at radius 3 is 2.39 bits per heavy atom. The van der Waals surface area contributed by atoms with Gasteiger partial charge in [-0.25, -0.2) is 9.59 Å². The van der Waals surface area contributed by atoms with Crippen molar-refractivity contribution in [3.05, 3.63) is 38.7 Å². The van der Waals surface area contributed by atoms with E-state index in [1.165, 1.54) is 14.0 Å². The molecule has 0 unspecified atom stereocenters. The summed E-state index contributed by atoms with van der Waals surface area (Å²) in [7, 11) is 1.41. The van der Waals surface area contributed by atoms with Gasteiger partial charge in [-0.15, -0.1) is 0 Å². The van der Waals surface area contributed by atoms with Crippen molar-refractivity contribution < 1.29 is 23.5 Å². The number of aryl methyl sites for hydroxylation is 2. The number of ketones is 1. The van der Waals surface area contributed by atoms with E-state index in [1.807, 2.05) is 0 Å². The highest BCUT2D eigenvalue weighted by atomic mass is 16.5. The van der Waals surface area contributed by atoms with Crippen LogP contribution in [0, 0.1) is 13.8 Å². The van der Waals surface area contributed by atoms with Crippen LogP contribution in [0.15, 0.2) is 15.3 Å². The van der Waals surface area contributed by atoms with Crippen molar-refractivity contribution in [3.63, 3.8) is 0 Å². The third kappa shape index (κ3) is 2.72. The molecule has 0 fully saturated rings. The lowest BCUT2D eigenvalue weighted by molar-refractivity contribution is 0.0522. The monoisotopic (exact) mass is 318 g/mol. The van der Waals surface area contributed by atoms with Crippen molar-refractivity contribution >= 4 is 22.7 Å². The average Bonchev–Trinajstić information content (AvgIpc) is 2.45. The molecule has 6 nitrogen and oxygen atoms in total. The van der Waals surface area contributed by atoms with Crippen LogP contribution in [-0.2, 0) is 4.74 Å². The Kier molecular flexibility index (Phi) is 4.54. The highest BCUT2D eigenvalue weighted by Crippen LogP contribution is 2.35. The van der Waals surface area contributed by atoms with Crippen molar-refractivity contribution in [2.75, 3.05) is 13.7 Å². The van der Waals surface area contributed by atoms with Crippen LogP contribution in [0.3, 0.4) is 0 Å². The molecule has 0 radical (unpaired) electrons. The molecule has 0 bridgehead atoms. The van der Waals surface area contributed by atoms with Gasteiger partial charge in [0.15, 0.2) is 5.78 Å². The van der Waals surface area contributed by atoms with Crippen molar-refractivity contribution in [2.45, 2.75) is 27.7 Å². The number of ether oxygens (including phenoxy) is 2. The molecule has 0 aliphatic carbocycles. The first-order valence-corrected chi connectivity index (χ1v) is 7.16. The summed E-state index contributed by atoms with van der Waals surface area (Å²) in [5.74, 6) is -0.695. The molecule has 6 heteroatoms. The molecule has 2 aromatic rings. The van der Waals surface area contributed by atoms with Gasteiger partial charge in [0.05, 0.1) is 19.1 Å². The van der Waals surface area contributed by atoms with Crippen LogP contribution >= 0.6 is 0 Å². The van der Waals surface area contributed by atoms with E-state index in [0.29, 0.717) is 16.5 Å². The fourth-order valence-corrected chi connectivity index (χ4v) is 2.69. The molecule has 0 atom stereocenters. The lowest BCUT2D eigenvalue weighted by Crippen LogP contribution is -2.16. The van der Waals surface area contributed by atoms with E-state index in [4.69, 9.17) is 13.9 Å². The van der Waals surface area contributed by atoms with Gasteiger partial charge in [0.1, 0.15) is 22.5 Å². The molecule has 0 saturated heterocycles. The fraction of sp³-hybridized carbons (Fsp3) is 0.353. The van der Waals surface area contributed by atoms with Crippen LogP contribution in [-0.4, -0.2) is 25.5 Å². The third-order valence-corrected chi connectivity index (χ3v) is 3.63. The molecule has 122 valence electrons. The Morgan fingerprint density at radius 1 is 1.22 bits per heavy atom. The highest BCUT2D eigenvalue weighted by molar-refractivity contribution is 6.05. The molecule has 0 amide bonds. The number of hydrogen-bond donors (Lipinski definition) is 0. The molecule has 1 aromatic carbocycles. The van der Waals surface area contributed by atoms with Gasteiger partial charge in [0, 0.05) is 0 Å². The molecule has 0 N–H and O–H groups in total. The molecule has 0 aliphatic heterocycles. The first kappa shape index (κ1) is 16.7. The molecule has 2 rings (SSSR count). The number of methoxy groups -OCH3 is 1. The van der Waals surface area contributed by atoms with Crippen LogP contribution in [0.2, 0.25) is 0 Å². The van der Waals surface area contributed by atoms with E-state index in [-0.39, 0.29) is 29.1 Å². The number of carbonyl (C=O) groups is 2. The topological polar surface area (TPSA) is 82.8 Å². The van der Waals surface area contributed by atoms with Gasteiger partial charge in [-0.3, -0.25) is 4.79 Å². The Bertz CT molecular complexity index is 860. The zero-order chi connectivity index (χ0) is 17.3. The number of rotatable bonds is 4. The molecule has 1 heterocycles. The van der Waals surface area contributed by atoms with Crippen molar-refractivity contribution in [3.8, 4) is 5.75 Å². The number of benzene rings is 1. The SMILES string of the molecule is CCOC(=O)c1c(C)cc2oc(=O)c(C(C)=O)c(C)c2c1OC. The van der Waals surface area contributed by atoms with Gasteiger partial charge < -0.3 is 13.9 Å². The van der Waals surface area contributed by atoms with Crippen LogP contribution in [0.4, 0.5) is 0 Å². The minimum absolute atomic E-state index is 0.0468. The zero-order valence-corrected chi connectivity index (χ0v) is 13.7. The zero-order valence-electron chi connectivity index (χ0n) is 13.7. The maximum Gasteiger partial charge on any atom is 0.347 e. The fourth-order valence-electron chi connectivity index (χ4n) is 2.69. The summed E-state index contributed by atoms with van der Waals surface area (Å²) in [6, 6.07) is 1.57. The Labute approximate surface area is 133 Å². The quantitative estimate of drug-likeness (QED) is 0.490. The Morgan fingerprint density at radius 2 is 1.87 bits per heavy atom. The van der Waals surface area contributed by atoms with E-state index >= 15 is 0 Å². The summed E-state index contributed by atoms with van der Waals surface area (Å²) < 4.78 is 15.7. The number of hydrogen-bond acceptors (Lipinski definition) is 6. The van der Waals surface area contributed by atoms with Gasteiger partial charge in [-0.05, 0) is 44.9 Å². The molecule has 0 saturated carbocycles. The van der Waals surface area contributed by atoms with E-state index in [9.17, 15) is 14.4 Å². The molecule has 1 aromatic heterocycles. The van der Waals surface area contributed by atoms with Crippen molar-refractivity contribution in [1.82, 2.24) is 0 Å². The summed E-state index contributed by atoms with van der Waals surface area (Å²) >= 11 is 0. The second kappa shape index (κ2) is 6.24. The maximum absolute atomic E-state index is 12.2. The second-order valence-electron chi connectivity index (χ2n) is 5.14. The Balaban J connectivity index is 2.98. The van der Waals surface area contributed by atoms with Crippen molar-refractivity contribution in [1.29, 1.82) is 0 Å². The molecule has 0 spiro atoms. The van der Waals surface area contributed by atoms with Crippen LogP contribution in [0.5, 0.6) is 5.75 Å².